The zero-order valence-corrected chi connectivity index (χ0v) is 18.2. The van der Waals surface area contributed by atoms with Crippen LogP contribution in [0.3, 0.4) is 0 Å². The van der Waals surface area contributed by atoms with Crippen LogP contribution >= 0.6 is 11.3 Å². The van der Waals surface area contributed by atoms with Crippen LogP contribution in [0.15, 0.2) is 24.4 Å². The number of aryl methyl sites for hydroxylation is 1. The van der Waals surface area contributed by atoms with Crippen LogP contribution in [-0.2, 0) is 11.3 Å². The molecule has 0 saturated carbocycles. The van der Waals surface area contributed by atoms with Crippen LogP contribution in [0.25, 0.3) is 10.2 Å². The molecular weight excluding hydrogens is 386 g/mol. The highest BCUT2D eigenvalue weighted by Crippen LogP contribution is 2.31. The molecule has 4 heterocycles. The molecule has 7 nitrogen and oxygen atoms in total. The molecule has 1 saturated heterocycles. The molecule has 3 aromatic heterocycles. The summed E-state index contributed by atoms with van der Waals surface area (Å²) < 4.78 is 7.40. The molecule has 1 fully saturated rings. The van der Waals surface area contributed by atoms with Gasteiger partial charge in [0.15, 0.2) is 0 Å². The molecule has 3 aromatic rings. The van der Waals surface area contributed by atoms with Crippen molar-refractivity contribution in [1.82, 2.24) is 14.8 Å². The third-order valence-electron chi connectivity index (χ3n) is 4.80. The van der Waals surface area contributed by atoms with Gasteiger partial charge in [-0.3, -0.25) is 9.48 Å². The predicted octanol–water partition coefficient (Wildman–Crippen LogP) is 3.94. The van der Waals surface area contributed by atoms with Gasteiger partial charge in [0.25, 0.3) is 5.91 Å². The molecule has 1 aliphatic heterocycles. The van der Waals surface area contributed by atoms with Crippen molar-refractivity contribution < 1.29 is 9.53 Å². The molecule has 0 unspecified atom stereocenters. The lowest BCUT2D eigenvalue weighted by atomic mass is 9.97. The van der Waals surface area contributed by atoms with Crippen LogP contribution in [0.5, 0.6) is 0 Å². The van der Waals surface area contributed by atoms with Crippen molar-refractivity contribution >= 4 is 39.0 Å². The van der Waals surface area contributed by atoms with Crippen molar-refractivity contribution in [2.75, 3.05) is 36.5 Å². The maximum atomic E-state index is 12.8. The predicted molar refractivity (Wildman–Crippen MR) is 117 cm³/mol. The molecule has 29 heavy (non-hydrogen) atoms. The summed E-state index contributed by atoms with van der Waals surface area (Å²) >= 11 is 1.48. The summed E-state index contributed by atoms with van der Waals surface area (Å²) in [6.45, 7) is 12.5. The smallest absolute Gasteiger partial charge is 0.265 e. The number of carbonyl (C=O) groups excluding carboxylic acids is 1. The zero-order chi connectivity index (χ0) is 20.6. The number of anilines is 2. The number of hydrogen-bond donors (Lipinski definition) is 1. The minimum Gasteiger partial charge on any atom is -0.378 e. The molecule has 0 bridgehead atoms. The summed E-state index contributed by atoms with van der Waals surface area (Å²) in [4.78, 5) is 21.2. The van der Waals surface area contributed by atoms with Gasteiger partial charge < -0.3 is 15.0 Å². The van der Waals surface area contributed by atoms with Crippen LogP contribution < -0.4 is 10.2 Å². The second kappa shape index (κ2) is 7.76. The van der Waals surface area contributed by atoms with Crippen LogP contribution in [0, 0.1) is 12.3 Å². The Morgan fingerprint density at radius 3 is 2.69 bits per heavy atom. The maximum absolute atomic E-state index is 12.8. The quantitative estimate of drug-likeness (QED) is 0.701. The number of morpholine rings is 1. The SMILES string of the molecule is Cc1nn(CC(C)(C)C)c2sc(C(=O)Nc3ccc(N4CCOCC4)nc3)cc12. The highest BCUT2D eigenvalue weighted by molar-refractivity contribution is 7.20. The summed E-state index contributed by atoms with van der Waals surface area (Å²) in [5, 5.41) is 8.65. The van der Waals surface area contributed by atoms with E-state index in [0.29, 0.717) is 10.6 Å². The minimum atomic E-state index is -0.117. The van der Waals surface area contributed by atoms with Crippen LogP contribution in [-0.4, -0.2) is 47.0 Å². The first-order chi connectivity index (χ1) is 13.8. The number of amides is 1. The van der Waals surface area contributed by atoms with Crippen molar-refractivity contribution in [2.24, 2.45) is 5.41 Å². The Balaban J connectivity index is 1.49. The number of aromatic nitrogens is 3. The van der Waals surface area contributed by atoms with E-state index in [1.807, 2.05) is 29.8 Å². The Morgan fingerprint density at radius 1 is 1.28 bits per heavy atom. The zero-order valence-electron chi connectivity index (χ0n) is 17.4. The Bertz CT molecular complexity index is 1010. The van der Waals surface area contributed by atoms with Crippen molar-refractivity contribution in [2.45, 2.75) is 34.2 Å². The summed E-state index contributed by atoms with van der Waals surface area (Å²) in [7, 11) is 0. The largest absolute Gasteiger partial charge is 0.378 e. The lowest BCUT2D eigenvalue weighted by Gasteiger charge is -2.27. The van der Waals surface area contributed by atoms with Gasteiger partial charge in [0.2, 0.25) is 0 Å². The third-order valence-corrected chi connectivity index (χ3v) is 5.94. The van der Waals surface area contributed by atoms with E-state index in [1.165, 1.54) is 11.3 Å². The van der Waals surface area contributed by atoms with Crippen LogP contribution in [0.2, 0.25) is 0 Å². The molecule has 1 amide bonds. The van der Waals surface area contributed by atoms with Gasteiger partial charge in [-0.25, -0.2) is 4.98 Å². The molecule has 1 N–H and O–H groups in total. The Kier molecular flexibility index (Phi) is 5.31. The number of fused-ring (bicyclic) bond motifs is 1. The number of nitrogens with one attached hydrogen (secondary N) is 1. The molecular formula is C21H27N5O2S. The van der Waals surface area contributed by atoms with Gasteiger partial charge in [0.05, 0.1) is 35.7 Å². The number of ether oxygens (including phenoxy) is 1. The first kappa shape index (κ1) is 19.8. The first-order valence-corrected chi connectivity index (χ1v) is 10.7. The summed E-state index contributed by atoms with van der Waals surface area (Å²) in [6.07, 6.45) is 1.71. The lowest BCUT2D eigenvalue weighted by Crippen LogP contribution is -2.36. The highest BCUT2D eigenvalue weighted by atomic mass is 32.1. The second-order valence-corrected chi connectivity index (χ2v) is 9.62. The van der Waals surface area contributed by atoms with Gasteiger partial charge in [-0.2, -0.15) is 5.10 Å². The third kappa shape index (κ3) is 4.43. The molecule has 8 heteroatoms. The van der Waals surface area contributed by atoms with Crippen molar-refractivity contribution in [3.63, 3.8) is 0 Å². The van der Waals surface area contributed by atoms with Gasteiger partial charge in [-0.05, 0) is 30.5 Å². The summed E-state index contributed by atoms with van der Waals surface area (Å²) in [6, 6.07) is 5.78. The van der Waals surface area contributed by atoms with Gasteiger partial charge in [0, 0.05) is 25.0 Å². The number of pyridine rings is 1. The summed E-state index contributed by atoms with van der Waals surface area (Å²) in [5.74, 6) is 0.792. The minimum absolute atomic E-state index is 0.117. The topological polar surface area (TPSA) is 72.3 Å². The van der Waals surface area contributed by atoms with Gasteiger partial charge in [-0.15, -0.1) is 11.3 Å². The number of nitrogens with zero attached hydrogens (tertiary/aromatic N) is 4. The number of hydrogen-bond acceptors (Lipinski definition) is 6. The fourth-order valence-electron chi connectivity index (χ4n) is 3.41. The number of thiophene rings is 1. The van der Waals surface area contributed by atoms with E-state index in [1.54, 1.807) is 6.20 Å². The molecule has 1 aliphatic rings. The van der Waals surface area contributed by atoms with E-state index in [4.69, 9.17) is 4.74 Å². The normalized spacial score (nSPS) is 15.1. The molecule has 154 valence electrons. The Labute approximate surface area is 174 Å². The maximum Gasteiger partial charge on any atom is 0.265 e. The fraction of sp³-hybridized carbons (Fsp3) is 0.476. The number of rotatable bonds is 4. The second-order valence-electron chi connectivity index (χ2n) is 8.59. The number of carbonyl (C=O) groups is 1. The van der Waals surface area contributed by atoms with Gasteiger partial charge in [0.1, 0.15) is 10.6 Å². The van der Waals surface area contributed by atoms with E-state index in [9.17, 15) is 4.79 Å². The van der Waals surface area contributed by atoms with E-state index in [2.05, 4.69) is 41.1 Å². The Morgan fingerprint density at radius 2 is 2.03 bits per heavy atom. The average Bonchev–Trinajstić information content (AvgIpc) is 3.24. The van der Waals surface area contributed by atoms with Gasteiger partial charge in [-0.1, -0.05) is 20.8 Å². The lowest BCUT2D eigenvalue weighted by molar-refractivity contribution is 0.103. The van der Waals surface area contributed by atoms with E-state index >= 15 is 0 Å². The molecule has 0 atom stereocenters. The van der Waals surface area contributed by atoms with Crippen LogP contribution in [0.1, 0.15) is 36.1 Å². The summed E-state index contributed by atoms with van der Waals surface area (Å²) in [5.41, 5.74) is 1.76. The average molecular weight is 414 g/mol. The Hall–Kier alpha value is -2.45. The van der Waals surface area contributed by atoms with E-state index in [-0.39, 0.29) is 11.3 Å². The standard InChI is InChI=1S/C21H27N5O2S/c1-14-16-11-17(29-20(16)26(24-14)13-21(2,3)4)19(27)23-15-5-6-18(22-12-15)25-7-9-28-10-8-25/h5-6,11-12H,7-10,13H2,1-4H3,(H,23,27). The molecule has 4 rings (SSSR count). The molecule has 0 aromatic carbocycles. The van der Waals surface area contributed by atoms with Crippen molar-refractivity contribution in [3.05, 3.63) is 35.0 Å². The molecule has 0 aliphatic carbocycles. The van der Waals surface area contributed by atoms with Gasteiger partial charge >= 0.3 is 0 Å². The van der Waals surface area contributed by atoms with E-state index in [0.717, 1.165) is 54.6 Å². The molecule has 0 spiro atoms. The first-order valence-electron chi connectivity index (χ1n) is 9.87. The fourth-order valence-corrected chi connectivity index (χ4v) is 4.47. The highest BCUT2D eigenvalue weighted by Gasteiger charge is 2.20. The van der Waals surface area contributed by atoms with Crippen LogP contribution in [0.4, 0.5) is 11.5 Å². The molecule has 0 radical (unpaired) electrons. The van der Waals surface area contributed by atoms with Crippen molar-refractivity contribution in [1.29, 1.82) is 0 Å². The van der Waals surface area contributed by atoms with Crippen molar-refractivity contribution in [3.8, 4) is 0 Å². The van der Waals surface area contributed by atoms with E-state index < -0.39 is 0 Å². The monoisotopic (exact) mass is 413 g/mol.